The molecule has 0 aliphatic rings. The van der Waals surface area contributed by atoms with Gasteiger partial charge in [0.1, 0.15) is 0 Å². The summed E-state index contributed by atoms with van der Waals surface area (Å²) in [6.07, 6.45) is 1.95. The summed E-state index contributed by atoms with van der Waals surface area (Å²) in [5.41, 5.74) is 6.32. The van der Waals surface area contributed by atoms with Crippen molar-refractivity contribution in [3.05, 3.63) is 53.2 Å². The molecule has 2 rings (SSSR count). The third kappa shape index (κ3) is 2.61. The van der Waals surface area contributed by atoms with Crippen LogP contribution in [-0.2, 0) is 5.41 Å². The Hall–Kier alpha value is -1.63. The lowest BCUT2D eigenvalue weighted by molar-refractivity contribution is 0.590. The summed E-state index contributed by atoms with van der Waals surface area (Å²) in [6, 6.07) is 10.8. The van der Waals surface area contributed by atoms with Crippen LogP contribution in [0.25, 0.3) is 11.3 Å². The van der Waals surface area contributed by atoms with E-state index in [0.29, 0.717) is 0 Å². The van der Waals surface area contributed by atoms with E-state index >= 15 is 0 Å². The molecule has 0 aliphatic heterocycles. The number of pyridine rings is 1. The molecular formula is C17H21N. The van der Waals surface area contributed by atoms with Crippen LogP contribution in [0.2, 0.25) is 0 Å². The molecule has 0 aliphatic carbocycles. The van der Waals surface area contributed by atoms with Crippen molar-refractivity contribution in [3.63, 3.8) is 0 Å². The molecule has 0 unspecified atom stereocenters. The van der Waals surface area contributed by atoms with Crippen LogP contribution in [0.3, 0.4) is 0 Å². The van der Waals surface area contributed by atoms with Crippen LogP contribution in [-0.4, -0.2) is 4.98 Å². The minimum absolute atomic E-state index is 0.176. The summed E-state index contributed by atoms with van der Waals surface area (Å²) >= 11 is 0. The Kier molecular flexibility index (Phi) is 3.25. The Morgan fingerprint density at radius 3 is 2.28 bits per heavy atom. The van der Waals surface area contributed by atoms with E-state index in [9.17, 15) is 0 Å². The maximum atomic E-state index is 4.53. The van der Waals surface area contributed by atoms with Crippen molar-refractivity contribution in [3.8, 4) is 11.3 Å². The first-order valence-electron chi connectivity index (χ1n) is 6.42. The largest absolute Gasteiger partial charge is 0.256 e. The number of aryl methyl sites for hydroxylation is 2. The molecule has 0 N–H and O–H groups in total. The van der Waals surface area contributed by atoms with Crippen LogP contribution in [0.5, 0.6) is 0 Å². The van der Waals surface area contributed by atoms with E-state index < -0.39 is 0 Å². The lowest BCUT2D eigenvalue weighted by Crippen LogP contribution is -2.10. The molecule has 0 atom stereocenters. The molecule has 1 aromatic heterocycles. The second-order valence-electron chi connectivity index (χ2n) is 5.98. The fraction of sp³-hybridized carbons (Fsp3) is 0.353. The average molecular weight is 239 g/mol. The number of aromatic nitrogens is 1. The van der Waals surface area contributed by atoms with Gasteiger partial charge in [0.05, 0.1) is 5.69 Å². The number of rotatable bonds is 1. The predicted octanol–water partition coefficient (Wildman–Crippen LogP) is 4.66. The van der Waals surface area contributed by atoms with Crippen LogP contribution in [0, 0.1) is 13.8 Å². The Morgan fingerprint density at radius 1 is 0.944 bits per heavy atom. The summed E-state index contributed by atoms with van der Waals surface area (Å²) in [6.45, 7) is 10.9. The van der Waals surface area contributed by atoms with Gasteiger partial charge in [0.25, 0.3) is 0 Å². The van der Waals surface area contributed by atoms with Crippen molar-refractivity contribution in [2.75, 3.05) is 0 Å². The second kappa shape index (κ2) is 4.56. The molecule has 0 saturated carbocycles. The van der Waals surface area contributed by atoms with E-state index in [-0.39, 0.29) is 5.41 Å². The van der Waals surface area contributed by atoms with Gasteiger partial charge < -0.3 is 0 Å². The average Bonchev–Trinajstić information content (AvgIpc) is 2.32. The maximum absolute atomic E-state index is 4.53. The Bertz CT molecular complexity index is 562. The first-order chi connectivity index (χ1) is 8.38. The van der Waals surface area contributed by atoms with Crippen molar-refractivity contribution in [1.29, 1.82) is 0 Å². The highest BCUT2D eigenvalue weighted by atomic mass is 14.7. The number of hydrogen-bond acceptors (Lipinski definition) is 1. The molecule has 0 radical (unpaired) electrons. The smallest absolute Gasteiger partial charge is 0.0704 e. The molecule has 0 saturated heterocycles. The van der Waals surface area contributed by atoms with Crippen LogP contribution >= 0.6 is 0 Å². The summed E-state index contributed by atoms with van der Waals surface area (Å²) in [4.78, 5) is 4.53. The van der Waals surface area contributed by atoms with E-state index in [1.807, 2.05) is 6.20 Å². The molecule has 1 heteroatoms. The van der Waals surface area contributed by atoms with Crippen molar-refractivity contribution in [2.24, 2.45) is 0 Å². The highest BCUT2D eigenvalue weighted by molar-refractivity contribution is 5.61. The Labute approximate surface area is 110 Å². The third-order valence-electron chi connectivity index (χ3n) is 3.40. The minimum Gasteiger partial charge on any atom is -0.256 e. The van der Waals surface area contributed by atoms with Crippen LogP contribution < -0.4 is 0 Å². The van der Waals surface area contributed by atoms with Crippen molar-refractivity contribution in [1.82, 2.24) is 4.98 Å². The Morgan fingerprint density at radius 2 is 1.67 bits per heavy atom. The third-order valence-corrected chi connectivity index (χ3v) is 3.40. The number of nitrogens with zero attached hydrogens (tertiary/aromatic N) is 1. The summed E-state index contributed by atoms with van der Waals surface area (Å²) in [5, 5.41) is 0. The van der Waals surface area contributed by atoms with Gasteiger partial charge in [0.15, 0.2) is 0 Å². The first kappa shape index (κ1) is 12.8. The van der Waals surface area contributed by atoms with Gasteiger partial charge in [-0.1, -0.05) is 39.0 Å². The normalized spacial score (nSPS) is 11.6. The predicted molar refractivity (Wildman–Crippen MR) is 77.8 cm³/mol. The monoisotopic (exact) mass is 239 g/mol. The molecule has 1 nitrogen and oxygen atoms in total. The molecular weight excluding hydrogens is 218 g/mol. The molecule has 1 heterocycles. The molecule has 0 amide bonds. The molecule has 0 bridgehead atoms. The van der Waals surface area contributed by atoms with E-state index in [0.717, 1.165) is 5.69 Å². The summed E-state index contributed by atoms with van der Waals surface area (Å²) in [7, 11) is 0. The topological polar surface area (TPSA) is 12.9 Å². The summed E-state index contributed by atoms with van der Waals surface area (Å²) < 4.78 is 0. The zero-order valence-electron chi connectivity index (χ0n) is 11.9. The zero-order valence-corrected chi connectivity index (χ0v) is 11.9. The van der Waals surface area contributed by atoms with Crippen LogP contribution in [0.15, 0.2) is 36.5 Å². The lowest BCUT2D eigenvalue weighted by atomic mass is 9.86. The van der Waals surface area contributed by atoms with Gasteiger partial charge in [-0.15, -0.1) is 0 Å². The van der Waals surface area contributed by atoms with Gasteiger partial charge in [0.2, 0.25) is 0 Å². The standard InChI is InChI=1S/C17H21N/c1-12-9-16(18-11-13(12)2)14-7-6-8-15(10-14)17(3,4)5/h6-11H,1-5H3. The fourth-order valence-electron chi connectivity index (χ4n) is 1.93. The Balaban J connectivity index is 2.48. The van der Waals surface area contributed by atoms with Crippen molar-refractivity contribution >= 4 is 0 Å². The van der Waals surface area contributed by atoms with Crippen molar-refractivity contribution < 1.29 is 0 Å². The van der Waals surface area contributed by atoms with Gasteiger partial charge in [0, 0.05) is 11.8 Å². The number of benzene rings is 1. The van der Waals surface area contributed by atoms with Crippen molar-refractivity contribution in [2.45, 2.75) is 40.0 Å². The number of hydrogen-bond donors (Lipinski definition) is 0. The maximum Gasteiger partial charge on any atom is 0.0704 e. The quantitative estimate of drug-likeness (QED) is 0.705. The van der Waals surface area contributed by atoms with Crippen LogP contribution in [0.1, 0.15) is 37.5 Å². The second-order valence-corrected chi connectivity index (χ2v) is 5.98. The molecule has 2 aromatic rings. The van der Waals surface area contributed by atoms with Gasteiger partial charge in [-0.05, 0) is 48.1 Å². The SMILES string of the molecule is Cc1cnc(-c2cccc(C(C)(C)C)c2)cc1C. The van der Waals surface area contributed by atoms with E-state index in [1.54, 1.807) is 0 Å². The van der Waals surface area contributed by atoms with E-state index in [4.69, 9.17) is 0 Å². The van der Waals surface area contributed by atoms with E-state index in [1.165, 1.54) is 22.3 Å². The molecule has 94 valence electrons. The zero-order chi connectivity index (χ0) is 13.3. The molecule has 18 heavy (non-hydrogen) atoms. The first-order valence-corrected chi connectivity index (χ1v) is 6.42. The molecule has 0 fully saturated rings. The highest BCUT2D eigenvalue weighted by Gasteiger charge is 2.14. The van der Waals surface area contributed by atoms with Gasteiger partial charge in [-0.2, -0.15) is 0 Å². The van der Waals surface area contributed by atoms with Gasteiger partial charge in [-0.3, -0.25) is 4.98 Å². The van der Waals surface area contributed by atoms with E-state index in [2.05, 4.69) is 69.9 Å². The lowest BCUT2D eigenvalue weighted by Gasteiger charge is -2.19. The van der Waals surface area contributed by atoms with Crippen LogP contribution in [0.4, 0.5) is 0 Å². The minimum atomic E-state index is 0.176. The molecule has 0 spiro atoms. The fourth-order valence-corrected chi connectivity index (χ4v) is 1.93. The summed E-state index contributed by atoms with van der Waals surface area (Å²) in [5.74, 6) is 0. The van der Waals surface area contributed by atoms with Gasteiger partial charge >= 0.3 is 0 Å². The van der Waals surface area contributed by atoms with Gasteiger partial charge in [-0.25, -0.2) is 0 Å². The molecule has 1 aromatic carbocycles. The highest BCUT2D eigenvalue weighted by Crippen LogP contribution is 2.27.